The molecule has 0 fully saturated rings. The molecule has 0 unspecified atom stereocenters. The number of nitrogens with one attached hydrogen (secondary N) is 1. The number of ether oxygens (including phenoxy) is 2. The number of carbonyl (C=O) groups excluding carboxylic acids is 2. The Bertz CT molecular complexity index is 1430. The third-order valence-corrected chi connectivity index (χ3v) is 6.00. The highest BCUT2D eigenvalue weighted by Crippen LogP contribution is 2.26. The molecule has 1 N–H and O–H groups in total. The van der Waals surface area contributed by atoms with Crippen LogP contribution in [0.25, 0.3) is 16.9 Å². The zero-order valence-electron chi connectivity index (χ0n) is 20.9. The van der Waals surface area contributed by atoms with Crippen molar-refractivity contribution in [3.05, 3.63) is 95.4 Å². The molecule has 0 spiro atoms. The van der Waals surface area contributed by atoms with Crippen molar-refractivity contribution in [2.45, 2.75) is 0 Å². The molecule has 10 heteroatoms. The topological polar surface area (TPSA) is 85.7 Å². The van der Waals surface area contributed by atoms with Gasteiger partial charge in [-0.15, -0.1) is 0 Å². The van der Waals surface area contributed by atoms with E-state index in [2.05, 4.69) is 10.3 Å². The highest BCUT2D eigenvalue weighted by Gasteiger charge is 2.21. The number of halogens is 2. The van der Waals surface area contributed by atoms with E-state index < -0.39 is 11.7 Å². The zero-order chi connectivity index (χ0) is 27.1. The van der Waals surface area contributed by atoms with E-state index in [0.717, 1.165) is 5.56 Å². The number of rotatable bonds is 10. The van der Waals surface area contributed by atoms with E-state index >= 15 is 0 Å². The minimum atomic E-state index is -0.561. The molecule has 0 atom stereocenters. The van der Waals surface area contributed by atoms with E-state index in [1.807, 2.05) is 30.3 Å². The van der Waals surface area contributed by atoms with Gasteiger partial charge in [0.05, 0.1) is 30.1 Å². The van der Waals surface area contributed by atoms with E-state index in [9.17, 15) is 14.0 Å². The third kappa shape index (κ3) is 6.37. The molecule has 0 aliphatic carbocycles. The van der Waals surface area contributed by atoms with Crippen molar-refractivity contribution in [3.63, 3.8) is 0 Å². The molecule has 2 amide bonds. The maximum absolute atomic E-state index is 13.8. The van der Waals surface area contributed by atoms with Crippen molar-refractivity contribution in [2.75, 3.05) is 39.2 Å². The van der Waals surface area contributed by atoms with Gasteiger partial charge in [-0.2, -0.15) is 0 Å². The van der Waals surface area contributed by atoms with Crippen LogP contribution in [0.15, 0.2) is 79.0 Å². The molecule has 0 radical (unpaired) electrons. The molecule has 4 rings (SSSR count). The number of methoxy groups -OCH3 is 2. The minimum absolute atomic E-state index is 0.0654. The Morgan fingerprint density at radius 2 is 1.84 bits per heavy atom. The Morgan fingerprint density at radius 1 is 1.05 bits per heavy atom. The lowest BCUT2D eigenvalue weighted by Crippen LogP contribution is -2.40. The van der Waals surface area contributed by atoms with Crippen LogP contribution in [0.3, 0.4) is 0 Å². The first-order valence-corrected chi connectivity index (χ1v) is 12.1. The molecule has 0 saturated carbocycles. The van der Waals surface area contributed by atoms with Gasteiger partial charge in [0.15, 0.2) is 0 Å². The van der Waals surface area contributed by atoms with E-state index in [-0.39, 0.29) is 36.6 Å². The number of anilines is 1. The minimum Gasteiger partial charge on any atom is -0.497 e. The van der Waals surface area contributed by atoms with Crippen LogP contribution in [0.1, 0.15) is 10.4 Å². The summed E-state index contributed by atoms with van der Waals surface area (Å²) in [5.74, 6) is -0.668. The van der Waals surface area contributed by atoms with Gasteiger partial charge in [-0.1, -0.05) is 48.0 Å². The SMILES string of the molecule is COCCN(CC(=O)Nc1nc(-c2ccccc2)cn1-c1ccc(F)c(Cl)c1)C(=O)c1cccc(OC)c1. The fraction of sp³-hybridized carbons (Fsp3) is 0.179. The standard InChI is InChI=1S/C28H26ClFN4O4/c1-37-14-13-33(27(36)20-9-6-10-22(15-20)38-2)18-26(35)32-28-31-25(19-7-4-3-5-8-19)17-34(28)21-11-12-24(30)23(29)16-21/h3-12,15-17H,13-14,18H2,1-2H3,(H,31,32,35). The molecule has 1 aromatic heterocycles. The molecule has 38 heavy (non-hydrogen) atoms. The second-order valence-corrected chi connectivity index (χ2v) is 8.69. The average Bonchev–Trinajstić information content (AvgIpc) is 3.36. The highest BCUT2D eigenvalue weighted by atomic mass is 35.5. The Labute approximate surface area is 224 Å². The summed E-state index contributed by atoms with van der Waals surface area (Å²) in [6.45, 7) is 0.179. The first kappa shape index (κ1) is 26.8. The Kier molecular flexibility index (Phi) is 8.73. The summed E-state index contributed by atoms with van der Waals surface area (Å²) in [5, 5.41) is 2.72. The number of aromatic nitrogens is 2. The van der Waals surface area contributed by atoms with Crippen LogP contribution in [0.5, 0.6) is 5.75 Å². The van der Waals surface area contributed by atoms with Crippen LogP contribution in [0, 0.1) is 5.82 Å². The number of carbonyl (C=O) groups is 2. The largest absolute Gasteiger partial charge is 0.497 e. The van der Waals surface area contributed by atoms with Gasteiger partial charge >= 0.3 is 0 Å². The van der Waals surface area contributed by atoms with Crippen LogP contribution in [0.4, 0.5) is 10.3 Å². The number of imidazole rings is 1. The van der Waals surface area contributed by atoms with Crippen LogP contribution in [0.2, 0.25) is 5.02 Å². The van der Waals surface area contributed by atoms with Gasteiger partial charge in [0.1, 0.15) is 18.1 Å². The summed E-state index contributed by atoms with van der Waals surface area (Å²) in [7, 11) is 3.03. The van der Waals surface area contributed by atoms with Crippen molar-refractivity contribution in [2.24, 2.45) is 0 Å². The van der Waals surface area contributed by atoms with E-state index in [0.29, 0.717) is 22.7 Å². The van der Waals surface area contributed by atoms with Crippen LogP contribution < -0.4 is 10.1 Å². The van der Waals surface area contributed by atoms with E-state index in [1.165, 1.54) is 37.3 Å². The van der Waals surface area contributed by atoms with Crippen molar-refractivity contribution >= 4 is 29.4 Å². The third-order valence-electron chi connectivity index (χ3n) is 5.71. The molecular formula is C28H26ClFN4O4. The summed E-state index contributed by atoms with van der Waals surface area (Å²) < 4.78 is 25.8. The smallest absolute Gasteiger partial charge is 0.254 e. The summed E-state index contributed by atoms with van der Waals surface area (Å²) in [5.41, 5.74) is 2.29. The normalized spacial score (nSPS) is 10.7. The first-order chi connectivity index (χ1) is 18.4. The quantitative estimate of drug-likeness (QED) is 0.306. The fourth-order valence-corrected chi connectivity index (χ4v) is 3.95. The predicted molar refractivity (Wildman–Crippen MR) is 143 cm³/mol. The molecule has 4 aromatic rings. The van der Waals surface area contributed by atoms with Gasteiger partial charge in [-0.3, -0.25) is 19.5 Å². The second kappa shape index (κ2) is 12.4. The summed E-state index contributed by atoms with van der Waals surface area (Å²) in [6.07, 6.45) is 1.72. The fourth-order valence-electron chi connectivity index (χ4n) is 3.78. The number of nitrogens with zero attached hydrogens (tertiary/aromatic N) is 3. The molecule has 3 aromatic carbocycles. The average molecular weight is 537 g/mol. The number of hydrogen-bond acceptors (Lipinski definition) is 5. The molecule has 0 aliphatic heterocycles. The summed E-state index contributed by atoms with van der Waals surface area (Å²) in [6, 6.07) is 20.3. The van der Waals surface area contributed by atoms with Crippen LogP contribution in [-0.4, -0.2) is 60.2 Å². The number of hydrogen-bond donors (Lipinski definition) is 1. The molecule has 8 nitrogen and oxygen atoms in total. The first-order valence-electron chi connectivity index (χ1n) is 11.7. The molecule has 0 bridgehead atoms. The lowest BCUT2D eigenvalue weighted by Gasteiger charge is -2.22. The Morgan fingerprint density at radius 3 is 2.55 bits per heavy atom. The Balaban J connectivity index is 1.62. The van der Waals surface area contributed by atoms with Gasteiger partial charge < -0.3 is 14.4 Å². The summed E-state index contributed by atoms with van der Waals surface area (Å²) in [4.78, 5) is 32.4. The van der Waals surface area contributed by atoms with Gasteiger partial charge in [0, 0.05) is 31.0 Å². The van der Waals surface area contributed by atoms with Gasteiger partial charge in [0.2, 0.25) is 11.9 Å². The highest BCUT2D eigenvalue weighted by molar-refractivity contribution is 6.30. The predicted octanol–water partition coefficient (Wildman–Crippen LogP) is 5.07. The lowest BCUT2D eigenvalue weighted by atomic mass is 10.2. The maximum atomic E-state index is 13.8. The maximum Gasteiger partial charge on any atom is 0.254 e. The molecule has 196 valence electrons. The molecular weight excluding hydrogens is 511 g/mol. The van der Waals surface area contributed by atoms with E-state index in [1.54, 1.807) is 35.0 Å². The van der Waals surface area contributed by atoms with Gasteiger partial charge in [0.25, 0.3) is 5.91 Å². The summed E-state index contributed by atoms with van der Waals surface area (Å²) >= 11 is 6.02. The molecule has 0 saturated heterocycles. The van der Waals surface area contributed by atoms with Crippen LogP contribution >= 0.6 is 11.6 Å². The molecule has 1 heterocycles. The van der Waals surface area contributed by atoms with Gasteiger partial charge in [-0.05, 0) is 36.4 Å². The van der Waals surface area contributed by atoms with Crippen molar-refractivity contribution in [1.29, 1.82) is 0 Å². The van der Waals surface area contributed by atoms with Crippen LogP contribution in [-0.2, 0) is 9.53 Å². The monoisotopic (exact) mass is 536 g/mol. The zero-order valence-corrected chi connectivity index (χ0v) is 21.6. The van der Waals surface area contributed by atoms with E-state index in [4.69, 9.17) is 21.1 Å². The Hall–Kier alpha value is -4.21. The van der Waals surface area contributed by atoms with Crippen molar-refractivity contribution < 1.29 is 23.5 Å². The molecule has 0 aliphatic rings. The van der Waals surface area contributed by atoms with Crippen molar-refractivity contribution in [3.8, 4) is 22.7 Å². The lowest BCUT2D eigenvalue weighted by molar-refractivity contribution is -0.117. The number of benzene rings is 3. The van der Waals surface area contributed by atoms with Gasteiger partial charge in [-0.25, -0.2) is 9.37 Å². The van der Waals surface area contributed by atoms with Crippen molar-refractivity contribution in [1.82, 2.24) is 14.5 Å². The second-order valence-electron chi connectivity index (χ2n) is 8.28. The number of amides is 2.